The molecule has 0 aromatic heterocycles. The van der Waals surface area contributed by atoms with Crippen molar-refractivity contribution in [1.29, 1.82) is 0 Å². The van der Waals surface area contributed by atoms with Crippen LogP contribution in [-0.4, -0.2) is 36.2 Å². The van der Waals surface area contributed by atoms with Crippen LogP contribution in [0.4, 0.5) is 0 Å². The molecule has 0 aliphatic heterocycles. The van der Waals surface area contributed by atoms with Crippen molar-refractivity contribution in [3.8, 4) is 28.7 Å². The van der Waals surface area contributed by atoms with Crippen molar-refractivity contribution in [2.75, 3.05) is 14.2 Å². The van der Waals surface area contributed by atoms with Gasteiger partial charge in [-0.25, -0.2) is 0 Å². The average molecular weight is 436 g/mol. The number of carbonyl (C=O) groups excluding carboxylic acids is 2. The maximum atomic E-state index is 12.3. The molecule has 0 heterocycles. The third-order valence-electron chi connectivity index (χ3n) is 4.08. The summed E-state index contributed by atoms with van der Waals surface area (Å²) in [6.45, 7) is 1.33. The van der Waals surface area contributed by atoms with Crippen molar-refractivity contribution in [2.24, 2.45) is 0 Å². The smallest absolute Gasteiger partial charge is 0.308 e. The Bertz CT molecular complexity index is 1070. The van der Waals surface area contributed by atoms with Gasteiger partial charge in [0, 0.05) is 19.1 Å². The number of methoxy groups -OCH3 is 2. The molecule has 0 spiro atoms. The molecule has 0 unspecified atom stereocenters. The van der Waals surface area contributed by atoms with E-state index < -0.39 is 0 Å². The zero-order valence-corrected chi connectivity index (χ0v) is 17.9. The molecule has 0 atom stereocenters. The molecule has 0 amide bonds. The van der Waals surface area contributed by atoms with Crippen molar-refractivity contribution in [3.63, 3.8) is 0 Å². The van der Waals surface area contributed by atoms with Gasteiger partial charge in [0.25, 0.3) is 0 Å². The number of ketones is 1. The number of allylic oxidation sites excluding steroid dienone is 1. The molecule has 0 bridgehead atoms. The molecule has 0 aliphatic rings. The normalized spacial score (nSPS) is 10.1. The monoisotopic (exact) mass is 436 g/mol. The van der Waals surface area contributed by atoms with E-state index in [9.17, 15) is 14.7 Å². The van der Waals surface area contributed by atoms with E-state index in [0.29, 0.717) is 11.5 Å². The van der Waals surface area contributed by atoms with E-state index in [4.69, 9.17) is 19.3 Å². The summed E-state index contributed by atoms with van der Waals surface area (Å²) < 4.78 is 14.9. The number of aromatic hydroxyl groups is 2. The highest BCUT2D eigenvalue weighted by Crippen LogP contribution is 2.33. The predicted octanol–water partition coefficient (Wildman–Crippen LogP) is 4.62. The first-order chi connectivity index (χ1) is 15.3. The largest absolute Gasteiger partial charge is 0.508 e. The number of esters is 1. The maximum absolute atomic E-state index is 12.3. The van der Waals surface area contributed by atoms with Crippen LogP contribution >= 0.6 is 0 Å². The summed E-state index contributed by atoms with van der Waals surface area (Å²) in [4.78, 5) is 22.7. The Kier molecular flexibility index (Phi) is 8.86. The van der Waals surface area contributed by atoms with Crippen molar-refractivity contribution >= 4 is 17.8 Å². The van der Waals surface area contributed by atoms with E-state index in [2.05, 4.69) is 0 Å². The summed E-state index contributed by atoms with van der Waals surface area (Å²) in [5, 5.41) is 18.8. The summed E-state index contributed by atoms with van der Waals surface area (Å²) in [6, 6.07) is 18.3. The second-order valence-electron chi connectivity index (χ2n) is 6.42. The van der Waals surface area contributed by atoms with Gasteiger partial charge < -0.3 is 24.4 Å². The summed E-state index contributed by atoms with van der Waals surface area (Å²) in [6.07, 6.45) is 3.09. The molecule has 2 N–H and O–H groups in total. The fraction of sp³-hybridized carbons (Fsp3) is 0.120. The van der Waals surface area contributed by atoms with E-state index >= 15 is 0 Å². The molecule has 3 aromatic rings. The van der Waals surface area contributed by atoms with E-state index in [0.717, 1.165) is 5.56 Å². The van der Waals surface area contributed by atoms with Gasteiger partial charge in [-0.15, -0.1) is 0 Å². The first-order valence-electron chi connectivity index (χ1n) is 9.54. The number of carbonyl (C=O) groups is 2. The minimum atomic E-state index is -0.365. The van der Waals surface area contributed by atoms with Crippen LogP contribution in [0.2, 0.25) is 0 Å². The van der Waals surface area contributed by atoms with Gasteiger partial charge in [0.05, 0.1) is 14.2 Å². The summed E-state index contributed by atoms with van der Waals surface area (Å²) in [7, 11) is 2.91. The minimum Gasteiger partial charge on any atom is -0.508 e. The Morgan fingerprint density at radius 2 is 1.50 bits per heavy atom. The Labute approximate surface area is 186 Å². The summed E-state index contributed by atoms with van der Waals surface area (Å²) >= 11 is 0. The molecule has 0 saturated carbocycles. The fourth-order valence-corrected chi connectivity index (χ4v) is 2.60. The van der Waals surface area contributed by atoms with Crippen LogP contribution in [0.5, 0.6) is 28.7 Å². The van der Waals surface area contributed by atoms with Gasteiger partial charge >= 0.3 is 5.97 Å². The van der Waals surface area contributed by atoms with Crippen molar-refractivity contribution in [2.45, 2.75) is 6.92 Å². The first kappa shape index (κ1) is 24.0. The molecule has 7 nitrogen and oxygen atoms in total. The maximum Gasteiger partial charge on any atom is 0.308 e. The Balaban J connectivity index is 0.000000278. The Morgan fingerprint density at radius 1 is 0.844 bits per heavy atom. The second-order valence-corrected chi connectivity index (χ2v) is 6.42. The van der Waals surface area contributed by atoms with E-state index in [1.807, 2.05) is 30.3 Å². The standard InChI is InChI=1S/C17H16O4.C8H8O3/c1-20-13-10-15(19)17(16(11-13)21-2)14(18)9-8-12-6-4-3-5-7-12;1-6(9)11-8-4-2-7(10)3-5-8/h3-11,19H,1-2H3;2-5,10H,1H3. The number of phenols is 2. The number of rotatable bonds is 6. The molecule has 166 valence electrons. The summed E-state index contributed by atoms with van der Waals surface area (Å²) in [5.41, 5.74) is 1.02. The topological polar surface area (TPSA) is 102 Å². The molecule has 7 heteroatoms. The van der Waals surface area contributed by atoms with Gasteiger partial charge in [-0.3, -0.25) is 9.59 Å². The number of hydrogen-bond donors (Lipinski definition) is 2. The van der Waals surface area contributed by atoms with Crippen LogP contribution in [0.3, 0.4) is 0 Å². The van der Waals surface area contributed by atoms with Crippen LogP contribution in [0.15, 0.2) is 72.8 Å². The van der Waals surface area contributed by atoms with Crippen molar-refractivity contribution in [1.82, 2.24) is 0 Å². The highest BCUT2D eigenvalue weighted by Gasteiger charge is 2.17. The number of benzene rings is 3. The second kappa shape index (κ2) is 11.8. The van der Waals surface area contributed by atoms with E-state index in [1.165, 1.54) is 57.6 Å². The molecule has 0 saturated heterocycles. The van der Waals surface area contributed by atoms with Crippen LogP contribution < -0.4 is 14.2 Å². The molecule has 0 aliphatic carbocycles. The van der Waals surface area contributed by atoms with Crippen LogP contribution in [0, 0.1) is 0 Å². The molecule has 32 heavy (non-hydrogen) atoms. The lowest BCUT2D eigenvalue weighted by Gasteiger charge is -2.10. The van der Waals surface area contributed by atoms with Gasteiger partial charge in [-0.1, -0.05) is 36.4 Å². The minimum absolute atomic E-state index is 0.116. The van der Waals surface area contributed by atoms with Crippen molar-refractivity contribution < 1.29 is 34.0 Å². The zero-order valence-electron chi connectivity index (χ0n) is 17.9. The fourth-order valence-electron chi connectivity index (χ4n) is 2.60. The highest BCUT2D eigenvalue weighted by atomic mass is 16.5. The van der Waals surface area contributed by atoms with Gasteiger partial charge in [-0.2, -0.15) is 0 Å². The SMILES string of the molecule is CC(=O)Oc1ccc(O)cc1.COc1cc(O)c(C(=O)C=Cc2ccccc2)c(OC)c1. The number of ether oxygens (including phenoxy) is 3. The first-order valence-corrected chi connectivity index (χ1v) is 9.54. The lowest BCUT2D eigenvalue weighted by atomic mass is 10.1. The zero-order chi connectivity index (χ0) is 23.5. The lowest BCUT2D eigenvalue weighted by molar-refractivity contribution is -0.131. The predicted molar refractivity (Wildman–Crippen MR) is 120 cm³/mol. The van der Waals surface area contributed by atoms with Crippen LogP contribution in [0.1, 0.15) is 22.8 Å². The van der Waals surface area contributed by atoms with Gasteiger partial charge in [0.1, 0.15) is 34.3 Å². The molecular weight excluding hydrogens is 412 g/mol. The molecule has 0 fully saturated rings. The quantitative estimate of drug-likeness (QED) is 0.251. The Hall–Kier alpha value is -4.26. The molecule has 3 aromatic carbocycles. The van der Waals surface area contributed by atoms with Crippen LogP contribution in [-0.2, 0) is 4.79 Å². The highest BCUT2D eigenvalue weighted by molar-refractivity contribution is 6.10. The van der Waals surface area contributed by atoms with E-state index in [1.54, 1.807) is 12.1 Å². The van der Waals surface area contributed by atoms with Gasteiger partial charge in [0.15, 0.2) is 5.78 Å². The average Bonchev–Trinajstić information content (AvgIpc) is 2.79. The molecule has 3 rings (SSSR count). The Morgan fingerprint density at radius 3 is 2.06 bits per heavy atom. The van der Waals surface area contributed by atoms with E-state index in [-0.39, 0.29) is 34.6 Å². The van der Waals surface area contributed by atoms with Crippen molar-refractivity contribution in [3.05, 3.63) is 83.9 Å². The third-order valence-corrected chi connectivity index (χ3v) is 4.08. The van der Waals surface area contributed by atoms with Gasteiger partial charge in [0.2, 0.25) is 0 Å². The lowest BCUT2D eigenvalue weighted by Crippen LogP contribution is -2.00. The molecular formula is C25H24O7. The summed E-state index contributed by atoms with van der Waals surface area (Å²) in [5.74, 6) is 0.416. The number of hydrogen-bond acceptors (Lipinski definition) is 7. The van der Waals surface area contributed by atoms with Gasteiger partial charge in [-0.05, 0) is 35.9 Å². The van der Waals surface area contributed by atoms with Crippen LogP contribution in [0.25, 0.3) is 6.08 Å². The third kappa shape index (κ3) is 7.21. The molecule has 0 radical (unpaired) electrons. The number of phenolic OH excluding ortho intramolecular Hbond substituents is 2.